The molecular weight excluding hydrogens is 512 g/mol. The van der Waals surface area contributed by atoms with E-state index in [0.717, 1.165) is 16.3 Å². The average molecular weight is 541 g/mol. The molecule has 0 aromatic heterocycles. The molecule has 184 valence electrons. The fraction of sp³-hybridized carbons (Fsp3) is 0.357. The van der Waals surface area contributed by atoms with Crippen LogP contribution in [0, 0.1) is 5.41 Å². The zero-order valence-corrected chi connectivity index (χ0v) is 21.7. The first kappa shape index (κ1) is 25.0. The number of carbonyl (C=O) groups is 2. The van der Waals surface area contributed by atoms with Crippen LogP contribution >= 0.6 is 15.9 Å². The summed E-state index contributed by atoms with van der Waals surface area (Å²) in [5, 5.41) is 2.23. The number of rotatable bonds is 7. The van der Waals surface area contributed by atoms with Gasteiger partial charge in [0.15, 0.2) is 0 Å². The number of ether oxygens (including phenoxy) is 4. The van der Waals surface area contributed by atoms with Gasteiger partial charge in [0.05, 0.1) is 30.2 Å². The summed E-state index contributed by atoms with van der Waals surface area (Å²) in [7, 11) is 2.82. The van der Waals surface area contributed by atoms with Crippen molar-refractivity contribution in [1.82, 2.24) is 0 Å². The Labute approximate surface area is 213 Å². The number of halogens is 1. The molecule has 0 atom stereocenters. The number of benzene rings is 3. The summed E-state index contributed by atoms with van der Waals surface area (Å²) in [6, 6.07) is 17.4. The molecule has 0 bridgehead atoms. The summed E-state index contributed by atoms with van der Waals surface area (Å²) in [5.74, 6) is 0.270. The molecule has 0 N–H and O–H groups in total. The monoisotopic (exact) mass is 540 g/mol. The smallest absolute Gasteiger partial charge is 0.341 e. The number of methoxy groups -OCH3 is 2. The summed E-state index contributed by atoms with van der Waals surface area (Å²) in [6.07, 6.45) is 2.63. The maximum Gasteiger partial charge on any atom is 0.341 e. The van der Waals surface area contributed by atoms with E-state index in [1.165, 1.54) is 14.2 Å². The number of hydrogen-bond donors (Lipinski definition) is 0. The third-order valence-electron chi connectivity index (χ3n) is 6.72. The van der Waals surface area contributed by atoms with Gasteiger partial charge in [0.25, 0.3) is 0 Å². The lowest BCUT2D eigenvalue weighted by molar-refractivity contribution is -0.159. The highest BCUT2D eigenvalue weighted by Gasteiger charge is 2.39. The zero-order chi connectivity index (χ0) is 25.0. The summed E-state index contributed by atoms with van der Waals surface area (Å²) in [5.41, 5.74) is 0.743. The van der Waals surface area contributed by atoms with E-state index in [0.29, 0.717) is 47.2 Å². The Kier molecular flexibility index (Phi) is 7.65. The van der Waals surface area contributed by atoms with Gasteiger partial charge in [-0.05, 0) is 77.0 Å². The normalized spacial score (nSPS) is 19.7. The molecule has 0 aliphatic heterocycles. The highest BCUT2D eigenvalue weighted by atomic mass is 79.9. The van der Waals surface area contributed by atoms with E-state index in [-0.39, 0.29) is 18.7 Å². The van der Waals surface area contributed by atoms with Gasteiger partial charge in [0.2, 0.25) is 0 Å². The summed E-state index contributed by atoms with van der Waals surface area (Å²) >= 11 is 3.49. The molecule has 3 aromatic carbocycles. The standard InChI is InChI=1S/C28H29BrO6/c1-28(27(31)34-17-19-9-6-8-18-7-4-5-10-21(18)19)13-11-20(12-14-28)35-25-15-22(26(30)33-3)24(32-2)16-23(25)29/h4-10,15-16,20H,11-14,17H2,1-3H3/t20-,28+. The van der Waals surface area contributed by atoms with Gasteiger partial charge in [-0.1, -0.05) is 42.5 Å². The Morgan fingerprint density at radius 3 is 2.43 bits per heavy atom. The average Bonchev–Trinajstić information content (AvgIpc) is 2.88. The lowest BCUT2D eigenvalue weighted by atomic mass is 9.74. The van der Waals surface area contributed by atoms with Crippen LogP contribution in [0.2, 0.25) is 0 Å². The van der Waals surface area contributed by atoms with Crippen LogP contribution in [0.1, 0.15) is 48.5 Å². The van der Waals surface area contributed by atoms with Gasteiger partial charge in [-0.2, -0.15) is 0 Å². The first-order valence-electron chi connectivity index (χ1n) is 11.6. The molecule has 0 saturated heterocycles. The van der Waals surface area contributed by atoms with Crippen LogP contribution in [-0.4, -0.2) is 32.3 Å². The highest BCUT2D eigenvalue weighted by Crippen LogP contribution is 2.41. The zero-order valence-electron chi connectivity index (χ0n) is 20.1. The first-order valence-corrected chi connectivity index (χ1v) is 12.4. The molecule has 6 nitrogen and oxygen atoms in total. The molecule has 0 unspecified atom stereocenters. The van der Waals surface area contributed by atoms with Gasteiger partial charge in [0.1, 0.15) is 23.7 Å². The van der Waals surface area contributed by atoms with Gasteiger partial charge in [0, 0.05) is 0 Å². The second-order valence-electron chi connectivity index (χ2n) is 9.07. The predicted octanol–water partition coefficient (Wildman–Crippen LogP) is 6.47. The van der Waals surface area contributed by atoms with E-state index in [9.17, 15) is 9.59 Å². The summed E-state index contributed by atoms with van der Waals surface area (Å²) in [4.78, 5) is 25.2. The number of esters is 2. The van der Waals surface area contributed by atoms with Crippen LogP contribution < -0.4 is 9.47 Å². The third kappa shape index (κ3) is 5.45. The molecule has 1 aliphatic carbocycles. The SMILES string of the molecule is COC(=O)c1cc(O[C@H]2CC[C@@](C)(C(=O)OCc3cccc4ccccc34)CC2)c(Br)cc1OC. The molecule has 0 heterocycles. The van der Waals surface area contributed by atoms with Crippen LogP contribution in [0.5, 0.6) is 11.5 Å². The van der Waals surface area contributed by atoms with Crippen LogP contribution in [0.15, 0.2) is 59.1 Å². The van der Waals surface area contributed by atoms with Crippen molar-refractivity contribution in [2.24, 2.45) is 5.41 Å². The minimum atomic E-state index is -0.557. The Bertz CT molecular complexity index is 1220. The molecule has 3 aromatic rings. The van der Waals surface area contributed by atoms with E-state index in [4.69, 9.17) is 18.9 Å². The van der Waals surface area contributed by atoms with Crippen molar-refractivity contribution in [3.8, 4) is 11.5 Å². The summed E-state index contributed by atoms with van der Waals surface area (Å²) < 4.78 is 22.8. The quantitative estimate of drug-likeness (QED) is 0.320. The molecule has 7 heteroatoms. The van der Waals surface area contributed by atoms with Crippen molar-refractivity contribution in [2.75, 3.05) is 14.2 Å². The van der Waals surface area contributed by atoms with Gasteiger partial charge < -0.3 is 18.9 Å². The lowest BCUT2D eigenvalue weighted by Crippen LogP contribution is -2.37. The largest absolute Gasteiger partial charge is 0.496 e. The Morgan fingerprint density at radius 1 is 1.00 bits per heavy atom. The van der Waals surface area contributed by atoms with Crippen molar-refractivity contribution in [3.05, 3.63) is 70.2 Å². The van der Waals surface area contributed by atoms with Crippen molar-refractivity contribution < 1.29 is 28.5 Å². The Balaban J connectivity index is 1.38. The maximum atomic E-state index is 13.0. The molecule has 0 amide bonds. The molecule has 4 rings (SSSR count). The van der Waals surface area contributed by atoms with Gasteiger partial charge in [-0.15, -0.1) is 0 Å². The maximum absolute atomic E-state index is 13.0. The topological polar surface area (TPSA) is 71.1 Å². The molecular formula is C28H29BrO6. The fourth-order valence-corrected chi connectivity index (χ4v) is 4.95. The van der Waals surface area contributed by atoms with Gasteiger partial charge >= 0.3 is 11.9 Å². The number of carbonyl (C=O) groups excluding carboxylic acids is 2. The van der Waals surface area contributed by atoms with Crippen LogP contribution in [-0.2, 0) is 20.9 Å². The minimum Gasteiger partial charge on any atom is -0.496 e. The molecule has 1 aliphatic rings. The van der Waals surface area contributed by atoms with Crippen LogP contribution in [0.3, 0.4) is 0 Å². The Hall–Kier alpha value is -3.06. The summed E-state index contributed by atoms with van der Waals surface area (Å²) in [6.45, 7) is 2.22. The van der Waals surface area contributed by atoms with Gasteiger partial charge in [-0.25, -0.2) is 4.79 Å². The van der Waals surface area contributed by atoms with Crippen molar-refractivity contribution >= 4 is 38.6 Å². The van der Waals surface area contributed by atoms with E-state index < -0.39 is 11.4 Å². The van der Waals surface area contributed by atoms with E-state index >= 15 is 0 Å². The van der Waals surface area contributed by atoms with E-state index in [1.54, 1.807) is 12.1 Å². The van der Waals surface area contributed by atoms with E-state index in [2.05, 4.69) is 28.1 Å². The van der Waals surface area contributed by atoms with Crippen LogP contribution in [0.4, 0.5) is 0 Å². The second kappa shape index (κ2) is 10.7. The Morgan fingerprint density at radius 2 is 1.71 bits per heavy atom. The number of hydrogen-bond acceptors (Lipinski definition) is 6. The lowest BCUT2D eigenvalue weighted by Gasteiger charge is -2.35. The van der Waals surface area contributed by atoms with Crippen molar-refractivity contribution in [1.29, 1.82) is 0 Å². The number of fused-ring (bicyclic) bond motifs is 1. The molecule has 1 fully saturated rings. The molecule has 0 radical (unpaired) electrons. The highest BCUT2D eigenvalue weighted by molar-refractivity contribution is 9.10. The first-order chi connectivity index (χ1) is 16.8. The molecule has 1 saturated carbocycles. The molecule has 0 spiro atoms. The van der Waals surface area contributed by atoms with E-state index in [1.807, 2.05) is 37.3 Å². The van der Waals surface area contributed by atoms with Crippen molar-refractivity contribution in [3.63, 3.8) is 0 Å². The fourth-order valence-electron chi connectivity index (χ4n) is 4.53. The molecule has 35 heavy (non-hydrogen) atoms. The van der Waals surface area contributed by atoms with Gasteiger partial charge in [-0.3, -0.25) is 4.79 Å². The van der Waals surface area contributed by atoms with Crippen LogP contribution in [0.25, 0.3) is 10.8 Å². The third-order valence-corrected chi connectivity index (χ3v) is 7.34. The predicted molar refractivity (Wildman–Crippen MR) is 137 cm³/mol. The minimum absolute atomic E-state index is 0.0795. The van der Waals surface area contributed by atoms with Crippen molar-refractivity contribution in [2.45, 2.75) is 45.3 Å². The second-order valence-corrected chi connectivity index (χ2v) is 9.92.